The van der Waals surface area contributed by atoms with Gasteiger partial charge in [-0.3, -0.25) is 0 Å². The van der Waals surface area contributed by atoms with Gasteiger partial charge in [-0.2, -0.15) is 0 Å². The molecular formula is C23H29BrN2O3. The summed E-state index contributed by atoms with van der Waals surface area (Å²) < 4.78 is 13.0. The lowest BCUT2D eigenvalue weighted by molar-refractivity contribution is -0.661. The van der Waals surface area contributed by atoms with Crippen molar-refractivity contribution >= 4 is 11.5 Å². The molecule has 0 radical (unpaired) electrons. The summed E-state index contributed by atoms with van der Waals surface area (Å²) >= 11 is 0. The van der Waals surface area contributed by atoms with E-state index in [9.17, 15) is 5.11 Å². The van der Waals surface area contributed by atoms with Gasteiger partial charge in [0, 0.05) is 12.0 Å². The number of rotatable bonds is 4. The van der Waals surface area contributed by atoms with Crippen LogP contribution in [-0.2, 0) is 5.72 Å². The molecule has 0 spiro atoms. The van der Waals surface area contributed by atoms with Gasteiger partial charge >= 0.3 is 0 Å². The minimum absolute atomic E-state index is 0. The topological polar surface area (TPSA) is 44.9 Å². The van der Waals surface area contributed by atoms with E-state index >= 15 is 0 Å². The van der Waals surface area contributed by atoms with Gasteiger partial charge in [0.1, 0.15) is 5.69 Å². The second kappa shape index (κ2) is 8.36. The van der Waals surface area contributed by atoms with Crippen LogP contribution in [0.3, 0.4) is 0 Å². The lowest BCUT2D eigenvalue weighted by atomic mass is 10.0. The third-order valence-corrected chi connectivity index (χ3v) is 5.98. The zero-order valence-corrected chi connectivity index (χ0v) is 19.1. The van der Waals surface area contributed by atoms with Crippen molar-refractivity contribution in [1.29, 1.82) is 0 Å². The summed E-state index contributed by atoms with van der Waals surface area (Å²) in [6.45, 7) is 5.60. The number of anilines is 1. The molecule has 0 aromatic heterocycles. The molecule has 2 aliphatic rings. The quantitative estimate of drug-likeness (QED) is 0.678. The molecule has 4 rings (SSSR count). The molecule has 2 heterocycles. The van der Waals surface area contributed by atoms with Crippen molar-refractivity contribution in [1.82, 2.24) is 0 Å². The first-order valence-corrected chi connectivity index (χ1v) is 9.91. The van der Waals surface area contributed by atoms with Crippen LogP contribution in [0.5, 0.6) is 11.5 Å². The van der Waals surface area contributed by atoms with E-state index in [1.807, 2.05) is 18.2 Å². The van der Waals surface area contributed by atoms with Gasteiger partial charge in [-0.05, 0) is 62.1 Å². The standard InChI is InChI=1S/C23H29N2O3.BrH/c1-16-8-9-17(2)19(13-16)24-15-23(26,25-12-6-5-7-22(24)25)18-10-11-20(27-3)21(14-18)28-4;/h8-11,13-14,26H,5-7,12,15H2,1-4H3;1H/q+1;/p-1. The lowest BCUT2D eigenvalue weighted by Crippen LogP contribution is -3.00. The molecule has 0 saturated heterocycles. The Balaban J connectivity index is 0.00000240. The van der Waals surface area contributed by atoms with Crippen molar-refractivity contribution in [3.63, 3.8) is 0 Å². The molecule has 0 bridgehead atoms. The fourth-order valence-electron chi connectivity index (χ4n) is 4.46. The van der Waals surface area contributed by atoms with Crippen LogP contribution in [-0.4, -0.2) is 42.8 Å². The van der Waals surface area contributed by atoms with Crippen molar-refractivity contribution in [2.24, 2.45) is 0 Å². The highest BCUT2D eigenvalue weighted by Crippen LogP contribution is 2.39. The van der Waals surface area contributed by atoms with Gasteiger partial charge in [-0.1, -0.05) is 12.1 Å². The third kappa shape index (κ3) is 3.64. The number of aryl methyl sites for hydroxylation is 2. The number of ether oxygens (including phenoxy) is 2. The van der Waals surface area contributed by atoms with E-state index < -0.39 is 5.72 Å². The van der Waals surface area contributed by atoms with Crippen LogP contribution in [0, 0.1) is 13.8 Å². The van der Waals surface area contributed by atoms with Crippen LogP contribution in [0.15, 0.2) is 36.4 Å². The van der Waals surface area contributed by atoms with Crippen LogP contribution in [0.25, 0.3) is 0 Å². The molecule has 5 nitrogen and oxygen atoms in total. The first-order chi connectivity index (χ1) is 13.5. The van der Waals surface area contributed by atoms with Crippen LogP contribution in [0.1, 0.15) is 36.0 Å². The van der Waals surface area contributed by atoms with Crippen LogP contribution in [0.4, 0.5) is 5.69 Å². The number of aliphatic hydroxyl groups is 1. The summed E-state index contributed by atoms with van der Waals surface area (Å²) in [4.78, 5) is 2.30. The molecule has 156 valence electrons. The maximum absolute atomic E-state index is 11.9. The highest BCUT2D eigenvalue weighted by molar-refractivity contribution is 5.96. The van der Waals surface area contributed by atoms with E-state index in [1.165, 1.54) is 22.6 Å². The molecule has 29 heavy (non-hydrogen) atoms. The first kappa shape index (κ1) is 21.7. The molecule has 1 atom stereocenters. The zero-order chi connectivity index (χ0) is 19.9. The predicted molar refractivity (Wildman–Crippen MR) is 111 cm³/mol. The highest BCUT2D eigenvalue weighted by Gasteiger charge is 2.53. The van der Waals surface area contributed by atoms with Gasteiger partial charge < -0.3 is 31.6 Å². The van der Waals surface area contributed by atoms with E-state index in [-0.39, 0.29) is 17.0 Å². The molecule has 6 heteroatoms. The van der Waals surface area contributed by atoms with Crippen LogP contribution in [0.2, 0.25) is 0 Å². The van der Waals surface area contributed by atoms with Gasteiger partial charge in [0.25, 0.3) is 11.6 Å². The Bertz CT molecular complexity index is 944. The van der Waals surface area contributed by atoms with Crippen molar-refractivity contribution in [3.05, 3.63) is 53.1 Å². The molecule has 2 aromatic carbocycles. The zero-order valence-electron chi connectivity index (χ0n) is 17.5. The average molecular weight is 461 g/mol. The summed E-state index contributed by atoms with van der Waals surface area (Å²) in [5.41, 5.74) is 3.37. The minimum atomic E-state index is -1.09. The minimum Gasteiger partial charge on any atom is -1.00 e. The van der Waals surface area contributed by atoms with Gasteiger partial charge in [0.05, 0.1) is 20.8 Å². The van der Waals surface area contributed by atoms with E-state index in [4.69, 9.17) is 9.47 Å². The summed E-state index contributed by atoms with van der Waals surface area (Å²) in [5, 5.41) is 11.9. The van der Waals surface area contributed by atoms with E-state index in [0.29, 0.717) is 18.0 Å². The smallest absolute Gasteiger partial charge is 0.271 e. The molecule has 0 aliphatic carbocycles. The molecule has 1 N–H and O–H groups in total. The van der Waals surface area contributed by atoms with Crippen molar-refractivity contribution in [3.8, 4) is 11.5 Å². The number of benzene rings is 2. The molecule has 0 saturated carbocycles. The number of halogens is 1. The van der Waals surface area contributed by atoms with Gasteiger partial charge in [-0.15, -0.1) is 0 Å². The number of hydrogen-bond acceptors (Lipinski definition) is 4. The second-order valence-electron chi connectivity index (χ2n) is 7.79. The maximum atomic E-state index is 11.9. The Morgan fingerprint density at radius 2 is 1.76 bits per heavy atom. The summed E-state index contributed by atoms with van der Waals surface area (Å²) in [7, 11) is 3.25. The van der Waals surface area contributed by atoms with Crippen LogP contribution < -0.4 is 31.4 Å². The normalized spacial score (nSPS) is 20.9. The first-order valence-electron chi connectivity index (χ1n) is 9.91. The summed E-state index contributed by atoms with van der Waals surface area (Å²) in [6.07, 6.45) is 3.21. The lowest BCUT2D eigenvalue weighted by Gasteiger charge is -2.25. The monoisotopic (exact) mass is 460 g/mol. The molecule has 0 amide bonds. The fourth-order valence-corrected chi connectivity index (χ4v) is 4.46. The van der Waals surface area contributed by atoms with Crippen LogP contribution >= 0.6 is 0 Å². The fraction of sp³-hybridized carbons (Fsp3) is 0.435. The van der Waals surface area contributed by atoms with Crippen molar-refractivity contribution in [2.45, 2.75) is 38.8 Å². The number of hydrogen-bond donors (Lipinski definition) is 1. The highest BCUT2D eigenvalue weighted by atomic mass is 79.9. The van der Waals surface area contributed by atoms with Gasteiger partial charge in [0.2, 0.25) is 0 Å². The van der Waals surface area contributed by atoms with E-state index in [2.05, 4.69) is 41.5 Å². The Labute approximate surface area is 183 Å². The largest absolute Gasteiger partial charge is 1.00 e. The number of amidine groups is 1. The Kier molecular flexibility index (Phi) is 6.24. The Morgan fingerprint density at radius 1 is 1.00 bits per heavy atom. The van der Waals surface area contributed by atoms with Gasteiger partial charge in [-0.25, -0.2) is 9.48 Å². The number of β-amino-alcohol motifs (C(OH)–C–C–N with tert-alkyl or cyclic N) is 1. The second-order valence-corrected chi connectivity index (χ2v) is 7.79. The maximum Gasteiger partial charge on any atom is 0.271 e. The van der Waals surface area contributed by atoms with E-state index in [0.717, 1.165) is 31.4 Å². The molecule has 1 unspecified atom stereocenters. The Morgan fingerprint density at radius 3 is 2.48 bits per heavy atom. The Hall–Kier alpha value is -2.05. The molecule has 0 fully saturated rings. The van der Waals surface area contributed by atoms with Crippen molar-refractivity contribution in [2.75, 3.05) is 32.2 Å². The number of methoxy groups -OCH3 is 2. The SMILES string of the molecule is COc1ccc(C2(O)CN(c3cc(C)ccc3C)C3=[N+]2CCCC3)cc1OC.[Br-]. The predicted octanol–water partition coefficient (Wildman–Crippen LogP) is 0.585. The molecule has 2 aliphatic heterocycles. The van der Waals surface area contributed by atoms with Gasteiger partial charge in [0.15, 0.2) is 18.0 Å². The molecular weight excluding hydrogens is 432 g/mol. The number of nitrogens with zero attached hydrogens (tertiary/aromatic N) is 2. The summed E-state index contributed by atoms with van der Waals surface area (Å²) in [6, 6.07) is 12.2. The average Bonchev–Trinajstić information content (AvgIpc) is 3.03. The molecule has 2 aromatic rings. The van der Waals surface area contributed by atoms with Crippen molar-refractivity contribution < 1.29 is 36.1 Å². The summed E-state index contributed by atoms with van der Waals surface area (Å²) in [5.74, 6) is 2.51. The third-order valence-electron chi connectivity index (χ3n) is 5.98. The van der Waals surface area contributed by atoms with E-state index in [1.54, 1.807) is 14.2 Å².